The Morgan fingerprint density at radius 3 is 1.91 bits per heavy atom. The van der Waals surface area contributed by atoms with Gasteiger partial charge in [0.15, 0.2) is 0 Å². The minimum atomic E-state index is -3.70. The van der Waals surface area contributed by atoms with Gasteiger partial charge in [-0.25, -0.2) is 8.42 Å². The van der Waals surface area contributed by atoms with E-state index in [1.54, 1.807) is 53.3 Å². The highest BCUT2D eigenvalue weighted by atomic mass is 32.2. The zero-order chi connectivity index (χ0) is 23.3. The Kier molecular flexibility index (Phi) is 7.52. The van der Waals surface area contributed by atoms with E-state index in [2.05, 4.69) is 0 Å². The maximum absolute atomic E-state index is 13.0. The first-order chi connectivity index (χ1) is 15.3. The third-order valence-electron chi connectivity index (χ3n) is 5.65. The number of piperazine rings is 1. The van der Waals surface area contributed by atoms with E-state index < -0.39 is 10.0 Å². The first kappa shape index (κ1) is 23.7. The SMILES string of the molecule is CCN(CC)C(=O)c1ccc(S(=O)(=O)N2CCN(C(=O)c3ccc(OC)cc3)CC2)cc1. The molecule has 1 aliphatic heterocycles. The minimum Gasteiger partial charge on any atom is -0.497 e. The topological polar surface area (TPSA) is 87.2 Å². The smallest absolute Gasteiger partial charge is 0.253 e. The molecule has 3 rings (SSSR count). The molecule has 0 N–H and O–H groups in total. The molecule has 172 valence electrons. The molecule has 0 aliphatic carbocycles. The summed E-state index contributed by atoms with van der Waals surface area (Å²) in [4.78, 5) is 28.6. The van der Waals surface area contributed by atoms with Crippen molar-refractivity contribution in [3.05, 3.63) is 59.7 Å². The lowest BCUT2D eigenvalue weighted by Gasteiger charge is -2.34. The van der Waals surface area contributed by atoms with E-state index in [1.807, 2.05) is 13.8 Å². The lowest BCUT2D eigenvalue weighted by atomic mass is 10.2. The predicted octanol–water partition coefficient (Wildman–Crippen LogP) is 2.32. The summed E-state index contributed by atoms with van der Waals surface area (Å²) in [6.07, 6.45) is 0. The van der Waals surface area contributed by atoms with E-state index in [-0.39, 0.29) is 29.8 Å². The molecule has 0 aromatic heterocycles. The van der Waals surface area contributed by atoms with Gasteiger partial charge in [-0.3, -0.25) is 9.59 Å². The van der Waals surface area contributed by atoms with Gasteiger partial charge in [-0.1, -0.05) is 0 Å². The molecule has 0 saturated carbocycles. The number of carbonyl (C=O) groups excluding carboxylic acids is 2. The zero-order valence-corrected chi connectivity index (χ0v) is 19.5. The summed E-state index contributed by atoms with van der Waals surface area (Å²) in [7, 11) is -2.14. The average molecular weight is 460 g/mol. The van der Waals surface area contributed by atoms with Crippen molar-refractivity contribution in [2.75, 3.05) is 46.4 Å². The molecule has 0 radical (unpaired) electrons. The molecule has 1 aliphatic rings. The largest absolute Gasteiger partial charge is 0.497 e. The summed E-state index contributed by atoms with van der Waals surface area (Å²) in [6.45, 7) is 6.03. The maximum atomic E-state index is 13.0. The summed E-state index contributed by atoms with van der Waals surface area (Å²) < 4.78 is 32.6. The van der Waals surface area contributed by atoms with Crippen LogP contribution in [0.4, 0.5) is 0 Å². The molecular formula is C23H29N3O5S. The molecule has 8 nitrogen and oxygen atoms in total. The highest BCUT2D eigenvalue weighted by molar-refractivity contribution is 7.89. The van der Waals surface area contributed by atoms with Crippen LogP contribution in [0.5, 0.6) is 5.75 Å². The fraction of sp³-hybridized carbons (Fsp3) is 0.391. The van der Waals surface area contributed by atoms with Crippen LogP contribution in [0.15, 0.2) is 53.4 Å². The highest BCUT2D eigenvalue weighted by Crippen LogP contribution is 2.20. The van der Waals surface area contributed by atoms with Crippen molar-refractivity contribution in [2.45, 2.75) is 18.7 Å². The van der Waals surface area contributed by atoms with Crippen LogP contribution >= 0.6 is 0 Å². The fourth-order valence-electron chi connectivity index (χ4n) is 3.66. The molecule has 1 heterocycles. The van der Waals surface area contributed by atoms with E-state index in [4.69, 9.17) is 4.74 Å². The van der Waals surface area contributed by atoms with Gasteiger partial charge >= 0.3 is 0 Å². The summed E-state index contributed by atoms with van der Waals surface area (Å²) >= 11 is 0. The quantitative estimate of drug-likeness (QED) is 0.634. The zero-order valence-electron chi connectivity index (χ0n) is 18.7. The molecule has 0 unspecified atom stereocenters. The molecule has 2 amide bonds. The molecular weight excluding hydrogens is 430 g/mol. The number of carbonyl (C=O) groups is 2. The molecule has 9 heteroatoms. The second-order valence-corrected chi connectivity index (χ2v) is 9.36. The highest BCUT2D eigenvalue weighted by Gasteiger charge is 2.30. The number of ether oxygens (including phenoxy) is 1. The Labute approximate surface area is 189 Å². The van der Waals surface area contributed by atoms with Gasteiger partial charge in [0.2, 0.25) is 10.0 Å². The van der Waals surface area contributed by atoms with Crippen LogP contribution in [0.3, 0.4) is 0 Å². The number of sulfonamides is 1. The minimum absolute atomic E-state index is 0.121. The lowest BCUT2D eigenvalue weighted by molar-refractivity contribution is 0.0697. The summed E-state index contributed by atoms with van der Waals surface area (Å²) in [5.41, 5.74) is 0.998. The summed E-state index contributed by atoms with van der Waals surface area (Å²) in [5, 5.41) is 0. The van der Waals surface area contributed by atoms with Gasteiger partial charge in [0.05, 0.1) is 12.0 Å². The van der Waals surface area contributed by atoms with E-state index in [9.17, 15) is 18.0 Å². The van der Waals surface area contributed by atoms with Crippen molar-refractivity contribution in [1.29, 1.82) is 0 Å². The monoisotopic (exact) mass is 459 g/mol. The molecule has 2 aromatic carbocycles. The Bertz CT molecular complexity index is 1040. The van der Waals surface area contributed by atoms with Gasteiger partial charge < -0.3 is 14.5 Å². The van der Waals surface area contributed by atoms with Crippen molar-refractivity contribution in [3.8, 4) is 5.75 Å². The van der Waals surface area contributed by atoms with Gasteiger partial charge in [-0.05, 0) is 62.4 Å². The van der Waals surface area contributed by atoms with Crippen LogP contribution in [-0.2, 0) is 10.0 Å². The molecule has 1 fully saturated rings. The van der Waals surface area contributed by atoms with Crippen LogP contribution in [-0.4, -0.2) is 80.7 Å². The van der Waals surface area contributed by atoms with Gasteiger partial charge in [-0.15, -0.1) is 0 Å². The molecule has 0 atom stereocenters. The molecule has 1 saturated heterocycles. The number of hydrogen-bond acceptors (Lipinski definition) is 5. The third-order valence-corrected chi connectivity index (χ3v) is 7.57. The predicted molar refractivity (Wildman–Crippen MR) is 121 cm³/mol. The van der Waals surface area contributed by atoms with Crippen molar-refractivity contribution in [3.63, 3.8) is 0 Å². The number of hydrogen-bond donors (Lipinski definition) is 0. The van der Waals surface area contributed by atoms with E-state index >= 15 is 0 Å². The van der Waals surface area contributed by atoms with E-state index in [1.165, 1.54) is 16.4 Å². The Balaban J connectivity index is 1.65. The summed E-state index contributed by atoms with van der Waals surface area (Å²) in [5.74, 6) is 0.413. The van der Waals surface area contributed by atoms with Crippen LogP contribution in [0.2, 0.25) is 0 Å². The normalized spacial score (nSPS) is 14.8. The van der Waals surface area contributed by atoms with Gasteiger partial charge in [0.1, 0.15) is 5.75 Å². The van der Waals surface area contributed by atoms with Crippen molar-refractivity contribution in [1.82, 2.24) is 14.1 Å². The summed E-state index contributed by atoms with van der Waals surface area (Å²) in [6, 6.07) is 12.9. The standard InChI is InChI=1S/C23H29N3O5S/c1-4-24(5-2)22(27)19-8-12-21(13-9-19)32(29,30)26-16-14-25(15-17-26)23(28)18-6-10-20(31-3)11-7-18/h6-13H,4-5,14-17H2,1-3H3. The fourth-order valence-corrected chi connectivity index (χ4v) is 5.08. The van der Waals surface area contributed by atoms with Crippen LogP contribution < -0.4 is 4.74 Å². The number of methoxy groups -OCH3 is 1. The van der Waals surface area contributed by atoms with E-state index in [0.29, 0.717) is 43.1 Å². The lowest BCUT2D eigenvalue weighted by Crippen LogP contribution is -2.50. The number of amides is 2. The van der Waals surface area contributed by atoms with E-state index in [0.717, 1.165) is 0 Å². The number of benzene rings is 2. The van der Waals surface area contributed by atoms with Crippen LogP contribution in [0, 0.1) is 0 Å². The van der Waals surface area contributed by atoms with Gasteiger partial charge in [0, 0.05) is 50.4 Å². The first-order valence-corrected chi connectivity index (χ1v) is 12.1. The Hall–Kier alpha value is -2.91. The first-order valence-electron chi connectivity index (χ1n) is 10.6. The van der Waals surface area contributed by atoms with Crippen molar-refractivity contribution < 1.29 is 22.7 Å². The molecule has 32 heavy (non-hydrogen) atoms. The second-order valence-electron chi connectivity index (χ2n) is 7.43. The number of nitrogens with zero attached hydrogens (tertiary/aromatic N) is 3. The van der Waals surface area contributed by atoms with Gasteiger partial charge in [-0.2, -0.15) is 4.31 Å². The maximum Gasteiger partial charge on any atom is 0.253 e. The van der Waals surface area contributed by atoms with Crippen LogP contribution in [0.25, 0.3) is 0 Å². The molecule has 0 bridgehead atoms. The van der Waals surface area contributed by atoms with Crippen LogP contribution in [0.1, 0.15) is 34.6 Å². The van der Waals surface area contributed by atoms with Gasteiger partial charge in [0.25, 0.3) is 11.8 Å². The molecule has 0 spiro atoms. The Morgan fingerprint density at radius 2 is 1.41 bits per heavy atom. The molecule has 2 aromatic rings. The van der Waals surface area contributed by atoms with Crippen molar-refractivity contribution in [2.24, 2.45) is 0 Å². The average Bonchev–Trinajstić information content (AvgIpc) is 2.84. The third kappa shape index (κ3) is 4.94. The number of rotatable bonds is 7. The van der Waals surface area contributed by atoms with Crippen molar-refractivity contribution >= 4 is 21.8 Å². The Morgan fingerprint density at radius 1 is 0.875 bits per heavy atom. The second kappa shape index (κ2) is 10.1.